The third kappa shape index (κ3) is 2.93. The zero-order valence-corrected chi connectivity index (χ0v) is 10.6. The van der Waals surface area contributed by atoms with Crippen LogP contribution >= 0.6 is 11.6 Å². The highest BCUT2D eigenvalue weighted by Crippen LogP contribution is 2.24. The molecule has 2 N–H and O–H groups in total. The summed E-state index contributed by atoms with van der Waals surface area (Å²) in [6, 6.07) is 11.4. The van der Waals surface area contributed by atoms with Crippen LogP contribution in [-0.4, -0.2) is 5.11 Å². The van der Waals surface area contributed by atoms with Crippen molar-refractivity contribution in [2.45, 2.75) is 13.0 Å². The summed E-state index contributed by atoms with van der Waals surface area (Å²) in [5.74, 6) is -0.209. The van der Waals surface area contributed by atoms with Crippen molar-refractivity contribution in [1.82, 2.24) is 0 Å². The van der Waals surface area contributed by atoms with E-state index < -0.39 is 5.82 Å². The Labute approximate surface area is 110 Å². The van der Waals surface area contributed by atoms with Crippen molar-refractivity contribution < 1.29 is 9.50 Å². The first-order valence-electron chi connectivity index (χ1n) is 5.57. The third-order valence-electron chi connectivity index (χ3n) is 2.69. The molecule has 0 amide bonds. The normalized spacial score (nSPS) is 12.2. The van der Waals surface area contributed by atoms with Gasteiger partial charge in [-0.2, -0.15) is 0 Å². The van der Waals surface area contributed by atoms with Gasteiger partial charge in [0, 0.05) is 11.7 Å². The molecule has 0 radical (unpaired) electrons. The lowest BCUT2D eigenvalue weighted by molar-refractivity contribution is 0.475. The summed E-state index contributed by atoms with van der Waals surface area (Å²) in [6.07, 6.45) is 0. The summed E-state index contributed by atoms with van der Waals surface area (Å²) in [5, 5.41) is 12.5. The summed E-state index contributed by atoms with van der Waals surface area (Å²) < 4.78 is 13.3. The Kier molecular flexibility index (Phi) is 3.72. The number of hydrogen-bond acceptors (Lipinski definition) is 2. The van der Waals surface area contributed by atoms with Crippen molar-refractivity contribution >= 4 is 17.3 Å². The van der Waals surface area contributed by atoms with Crippen LogP contribution in [0.5, 0.6) is 5.75 Å². The van der Waals surface area contributed by atoms with E-state index in [0.29, 0.717) is 0 Å². The molecule has 0 aliphatic rings. The largest absolute Gasteiger partial charge is 0.508 e. The number of anilines is 1. The second kappa shape index (κ2) is 5.27. The molecule has 0 heterocycles. The molecule has 0 aliphatic carbocycles. The molecule has 0 aliphatic heterocycles. The predicted molar refractivity (Wildman–Crippen MR) is 71.6 cm³/mol. The van der Waals surface area contributed by atoms with Gasteiger partial charge in [-0.3, -0.25) is 0 Å². The van der Waals surface area contributed by atoms with Crippen molar-refractivity contribution in [2.24, 2.45) is 0 Å². The first-order chi connectivity index (χ1) is 8.56. The molecule has 18 heavy (non-hydrogen) atoms. The molecule has 1 unspecified atom stereocenters. The van der Waals surface area contributed by atoms with Gasteiger partial charge in [0.25, 0.3) is 0 Å². The Bertz CT molecular complexity index is 542. The molecule has 2 aromatic carbocycles. The molecule has 2 nitrogen and oxygen atoms in total. The maximum absolute atomic E-state index is 13.3. The Morgan fingerprint density at radius 1 is 1.17 bits per heavy atom. The average molecular weight is 266 g/mol. The minimum Gasteiger partial charge on any atom is -0.508 e. The van der Waals surface area contributed by atoms with Crippen LogP contribution in [0.3, 0.4) is 0 Å². The van der Waals surface area contributed by atoms with E-state index >= 15 is 0 Å². The number of halogens is 2. The molecule has 1 atom stereocenters. The number of aromatic hydroxyl groups is 1. The van der Waals surface area contributed by atoms with E-state index in [9.17, 15) is 9.50 Å². The van der Waals surface area contributed by atoms with Crippen molar-refractivity contribution in [1.29, 1.82) is 0 Å². The van der Waals surface area contributed by atoms with Crippen molar-refractivity contribution in [2.75, 3.05) is 5.32 Å². The molecule has 0 fully saturated rings. The summed E-state index contributed by atoms with van der Waals surface area (Å²) in [7, 11) is 0. The molecular formula is C14H13ClFNO. The lowest BCUT2D eigenvalue weighted by Gasteiger charge is -2.16. The SMILES string of the molecule is CC(Nc1ccc(O)cc1)c1ccc(Cl)c(F)c1. The van der Waals surface area contributed by atoms with E-state index in [1.54, 1.807) is 36.4 Å². The highest BCUT2D eigenvalue weighted by Gasteiger charge is 2.08. The van der Waals surface area contributed by atoms with Gasteiger partial charge >= 0.3 is 0 Å². The van der Waals surface area contributed by atoms with Gasteiger partial charge in [-0.05, 0) is 48.9 Å². The first kappa shape index (κ1) is 12.7. The summed E-state index contributed by atoms with van der Waals surface area (Å²) >= 11 is 5.64. The molecular weight excluding hydrogens is 253 g/mol. The van der Waals surface area contributed by atoms with E-state index in [1.807, 2.05) is 6.92 Å². The average Bonchev–Trinajstić information content (AvgIpc) is 2.35. The van der Waals surface area contributed by atoms with Crippen LogP contribution in [0.2, 0.25) is 5.02 Å². The molecule has 94 valence electrons. The lowest BCUT2D eigenvalue weighted by Crippen LogP contribution is -2.06. The van der Waals surface area contributed by atoms with Gasteiger partial charge < -0.3 is 10.4 Å². The number of nitrogens with one attached hydrogen (secondary N) is 1. The number of phenols is 1. The fraction of sp³-hybridized carbons (Fsp3) is 0.143. The quantitative estimate of drug-likeness (QED) is 0.809. The van der Waals surface area contributed by atoms with Crippen molar-refractivity contribution in [3.63, 3.8) is 0 Å². The van der Waals surface area contributed by atoms with Crippen LogP contribution in [0.4, 0.5) is 10.1 Å². The zero-order valence-electron chi connectivity index (χ0n) is 9.82. The smallest absolute Gasteiger partial charge is 0.142 e. The van der Waals surface area contributed by atoms with Crippen LogP contribution < -0.4 is 5.32 Å². The van der Waals surface area contributed by atoms with E-state index in [1.165, 1.54) is 6.07 Å². The fourth-order valence-corrected chi connectivity index (χ4v) is 1.79. The second-order valence-corrected chi connectivity index (χ2v) is 4.49. The summed E-state index contributed by atoms with van der Waals surface area (Å²) in [4.78, 5) is 0. The van der Waals surface area contributed by atoms with Gasteiger partial charge in [0.1, 0.15) is 11.6 Å². The number of rotatable bonds is 3. The molecule has 2 rings (SSSR count). The van der Waals surface area contributed by atoms with Gasteiger partial charge in [-0.15, -0.1) is 0 Å². The fourth-order valence-electron chi connectivity index (χ4n) is 1.67. The third-order valence-corrected chi connectivity index (χ3v) is 3.00. The zero-order chi connectivity index (χ0) is 13.1. The summed E-state index contributed by atoms with van der Waals surface area (Å²) in [6.45, 7) is 1.93. The lowest BCUT2D eigenvalue weighted by atomic mass is 10.1. The monoisotopic (exact) mass is 265 g/mol. The minimum atomic E-state index is -0.423. The minimum absolute atomic E-state index is 0.0543. The number of benzene rings is 2. The standard InChI is InChI=1S/C14H13ClFNO/c1-9(10-2-7-13(15)14(16)8-10)17-11-3-5-12(18)6-4-11/h2-9,17-18H,1H3. The van der Waals surface area contributed by atoms with Gasteiger partial charge in [0.05, 0.1) is 5.02 Å². The van der Waals surface area contributed by atoms with E-state index in [2.05, 4.69) is 5.32 Å². The first-order valence-corrected chi connectivity index (χ1v) is 5.94. The maximum atomic E-state index is 13.3. The van der Waals surface area contributed by atoms with Crippen LogP contribution in [-0.2, 0) is 0 Å². The van der Waals surface area contributed by atoms with Crippen LogP contribution in [0.1, 0.15) is 18.5 Å². The Hall–Kier alpha value is -1.74. The summed E-state index contributed by atoms with van der Waals surface area (Å²) in [5.41, 5.74) is 1.67. The van der Waals surface area contributed by atoms with E-state index in [0.717, 1.165) is 11.3 Å². The highest BCUT2D eigenvalue weighted by atomic mass is 35.5. The number of phenolic OH excluding ortho intramolecular Hbond substituents is 1. The van der Waals surface area contributed by atoms with E-state index in [-0.39, 0.29) is 16.8 Å². The molecule has 0 bridgehead atoms. The molecule has 0 spiro atoms. The molecule has 0 aromatic heterocycles. The second-order valence-electron chi connectivity index (χ2n) is 4.09. The maximum Gasteiger partial charge on any atom is 0.142 e. The Morgan fingerprint density at radius 3 is 2.44 bits per heavy atom. The molecule has 0 saturated carbocycles. The van der Waals surface area contributed by atoms with Gasteiger partial charge in [-0.25, -0.2) is 4.39 Å². The molecule has 2 aromatic rings. The predicted octanol–water partition coefficient (Wildman–Crippen LogP) is 4.36. The highest BCUT2D eigenvalue weighted by molar-refractivity contribution is 6.30. The van der Waals surface area contributed by atoms with Crippen LogP contribution in [0, 0.1) is 5.82 Å². The number of hydrogen-bond donors (Lipinski definition) is 2. The van der Waals surface area contributed by atoms with Crippen LogP contribution in [0.15, 0.2) is 42.5 Å². The molecule has 0 saturated heterocycles. The van der Waals surface area contributed by atoms with E-state index in [4.69, 9.17) is 11.6 Å². The molecule has 4 heteroatoms. The van der Waals surface area contributed by atoms with Crippen LogP contribution in [0.25, 0.3) is 0 Å². The Morgan fingerprint density at radius 2 is 1.83 bits per heavy atom. The topological polar surface area (TPSA) is 32.3 Å². The van der Waals surface area contributed by atoms with Crippen molar-refractivity contribution in [3.05, 3.63) is 58.9 Å². The Balaban J connectivity index is 2.13. The van der Waals surface area contributed by atoms with Gasteiger partial charge in [-0.1, -0.05) is 17.7 Å². The van der Waals surface area contributed by atoms with Crippen molar-refractivity contribution in [3.8, 4) is 5.75 Å². The van der Waals surface area contributed by atoms with Gasteiger partial charge in [0.2, 0.25) is 0 Å². The van der Waals surface area contributed by atoms with Gasteiger partial charge in [0.15, 0.2) is 0 Å².